The van der Waals surface area contributed by atoms with E-state index < -0.39 is 0 Å². The molecule has 0 spiro atoms. The summed E-state index contributed by atoms with van der Waals surface area (Å²) in [7, 11) is 1.79. The Morgan fingerprint density at radius 1 is 0.889 bits per heavy atom. The average Bonchev–Trinajstić information content (AvgIpc) is 2.66. The largest absolute Gasteiger partial charge is 0.384 e. The van der Waals surface area contributed by atoms with Crippen LogP contribution in [0.25, 0.3) is 0 Å². The lowest BCUT2D eigenvalue weighted by molar-refractivity contribution is 0.985. The van der Waals surface area contributed by atoms with Crippen LogP contribution in [-0.4, -0.2) is 27.8 Å². The maximum absolute atomic E-state index is 7.38. The molecule has 0 aliphatic heterocycles. The summed E-state index contributed by atoms with van der Waals surface area (Å²) in [5.41, 5.74) is 8.22. The van der Waals surface area contributed by atoms with Crippen LogP contribution in [0.15, 0.2) is 58.8 Å². The van der Waals surface area contributed by atoms with Gasteiger partial charge < -0.3 is 10.6 Å². The summed E-state index contributed by atoms with van der Waals surface area (Å²) < 4.78 is 0. The third kappa shape index (κ3) is 4.75. The Morgan fingerprint density at radius 2 is 1.37 bits per heavy atom. The predicted molar refractivity (Wildman–Crippen MR) is 106 cm³/mol. The van der Waals surface area contributed by atoms with Crippen LogP contribution in [0.1, 0.15) is 5.56 Å². The smallest absolute Gasteiger partial charge is 0.235 e. The Labute approximate surface area is 165 Å². The topological polar surface area (TPSA) is 116 Å². The molecule has 27 heavy (non-hydrogen) atoms. The molecule has 8 nitrogen and oxygen atoms in total. The molecule has 1 heterocycles. The van der Waals surface area contributed by atoms with Gasteiger partial charge in [0.1, 0.15) is 5.84 Å². The minimum atomic E-state index is 0.0129. The summed E-state index contributed by atoms with van der Waals surface area (Å²) in [5.74, 6) is 0.346. The molecule has 0 amide bonds. The number of nitrogens with one attached hydrogen (secondary N) is 1. The van der Waals surface area contributed by atoms with E-state index in [-0.39, 0.29) is 16.4 Å². The molecule has 3 aromatic rings. The molecule has 10 heteroatoms. The first-order valence-corrected chi connectivity index (χ1v) is 8.45. The standard InChI is InChI=1S/C17H14Cl2N8/c1-27(17-23-15(18)22-16(19)24-17)13-8-6-12(7-9-13)26-25-11-4-2-10(3-5-11)14(20)21/h2-9H,1H3,(H3,20,21). The maximum Gasteiger partial charge on any atom is 0.235 e. The summed E-state index contributed by atoms with van der Waals surface area (Å²) in [4.78, 5) is 13.5. The van der Waals surface area contributed by atoms with Crippen molar-refractivity contribution in [1.29, 1.82) is 5.41 Å². The monoisotopic (exact) mass is 400 g/mol. The SMILES string of the molecule is CN(c1ccc(N=Nc2ccc(C(=N)N)cc2)cc1)c1nc(Cl)nc(Cl)n1. The number of nitrogens with two attached hydrogens (primary N) is 1. The number of nitrogens with zero attached hydrogens (tertiary/aromatic N) is 6. The Kier molecular flexibility index (Phi) is 5.58. The van der Waals surface area contributed by atoms with Crippen LogP contribution in [0, 0.1) is 5.41 Å². The number of benzene rings is 2. The van der Waals surface area contributed by atoms with Gasteiger partial charge in [-0.05, 0) is 71.7 Å². The molecule has 2 aromatic carbocycles. The second-order valence-corrected chi connectivity index (χ2v) is 6.09. The highest BCUT2D eigenvalue weighted by molar-refractivity contribution is 6.31. The van der Waals surface area contributed by atoms with E-state index in [0.29, 0.717) is 22.9 Å². The summed E-state index contributed by atoms with van der Waals surface area (Å²) in [6.07, 6.45) is 0. The first kappa shape index (κ1) is 18.7. The van der Waals surface area contributed by atoms with Crippen LogP contribution in [0.3, 0.4) is 0 Å². The Bertz CT molecular complexity index is 967. The fourth-order valence-corrected chi connectivity index (χ4v) is 2.50. The highest BCUT2D eigenvalue weighted by Crippen LogP contribution is 2.25. The zero-order valence-corrected chi connectivity index (χ0v) is 15.6. The molecule has 3 rings (SSSR count). The van der Waals surface area contributed by atoms with Crippen molar-refractivity contribution in [3.05, 3.63) is 64.7 Å². The van der Waals surface area contributed by atoms with E-state index in [1.54, 1.807) is 36.2 Å². The van der Waals surface area contributed by atoms with E-state index in [2.05, 4.69) is 25.2 Å². The van der Waals surface area contributed by atoms with Crippen molar-refractivity contribution < 1.29 is 0 Å². The van der Waals surface area contributed by atoms with Gasteiger partial charge in [0.25, 0.3) is 0 Å². The molecule has 0 radical (unpaired) electrons. The zero-order valence-electron chi connectivity index (χ0n) is 14.1. The Balaban J connectivity index is 1.73. The van der Waals surface area contributed by atoms with Crippen LogP contribution in [0.4, 0.5) is 23.0 Å². The van der Waals surface area contributed by atoms with E-state index in [9.17, 15) is 0 Å². The molecule has 0 bridgehead atoms. The van der Waals surface area contributed by atoms with Gasteiger partial charge in [-0.2, -0.15) is 25.2 Å². The van der Waals surface area contributed by atoms with Crippen molar-refractivity contribution in [2.45, 2.75) is 0 Å². The van der Waals surface area contributed by atoms with E-state index >= 15 is 0 Å². The normalized spacial score (nSPS) is 10.9. The predicted octanol–water partition coefficient (Wildman–Crippen LogP) is 4.65. The molecule has 1 aromatic heterocycles. The molecule has 0 aliphatic carbocycles. The van der Waals surface area contributed by atoms with Crippen LogP contribution in [-0.2, 0) is 0 Å². The highest BCUT2D eigenvalue weighted by Gasteiger charge is 2.10. The molecular weight excluding hydrogens is 387 g/mol. The van der Waals surface area contributed by atoms with Gasteiger partial charge >= 0.3 is 0 Å². The number of azo groups is 1. The van der Waals surface area contributed by atoms with Gasteiger partial charge in [-0.15, -0.1) is 0 Å². The number of hydrogen-bond donors (Lipinski definition) is 2. The van der Waals surface area contributed by atoms with Crippen LogP contribution in [0.5, 0.6) is 0 Å². The van der Waals surface area contributed by atoms with Crippen molar-refractivity contribution in [3.63, 3.8) is 0 Å². The molecule has 3 N–H and O–H groups in total. The molecule has 136 valence electrons. The molecule has 0 saturated carbocycles. The molecule has 0 saturated heterocycles. The van der Waals surface area contributed by atoms with Crippen molar-refractivity contribution in [3.8, 4) is 0 Å². The first-order valence-electron chi connectivity index (χ1n) is 7.69. The van der Waals surface area contributed by atoms with Crippen LogP contribution < -0.4 is 10.6 Å². The molecule has 0 atom stereocenters. The number of amidine groups is 1. The third-order valence-electron chi connectivity index (χ3n) is 3.57. The third-order valence-corrected chi connectivity index (χ3v) is 3.90. The van der Waals surface area contributed by atoms with E-state index in [4.69, 9.17) is 34.3 Å². The summed E-state index contributed by atoms with van der Waals surface area (Å²) in [5, 5.41) is 15.8. The van der Waals surface area contributed by atoms with Crippen molar-refractivity contribution in [2.75, 3.05) is 11.9 Å². The highest BCUT2D eigenvalue weighted by atomic mass is 35.5. The molecule has 0 unspecified atom stereocenters. The second-order valence-electron chi connectivity index (χ2n) is 5.41. The first-order chi connectivity index (χ1) is 12.9. The Hall–Kier alpha value is -3.10. The van der Waals surface area contributed by atoms with Crippen LogP contribution in [0.2, 0.25) is 10.6 Å². The molecular formula is C17H14Cl2N8. The van der Waals surface area contributed by atoms with Gasteiger partial charge in [0, 0.05) is 18.3 Å². The van der Waals surface area contributed by atoms with E-state index in [1.165, 1.54) is 0 Å². The minimum absolute atomic E-state index is 0.0129. The average molecular weight is 401 g/mol. The number of aromatic nitrogens is 3. The molecule has 0 fully saturated rings. The lowest BCUT2D eigenvalue weighted by Crippen LogP contribution is -2.13. The van der Waals surface area contributed by atoms with Gasteiger partial charge in [0.15, 0.2) is 0 Å². The minimum Gasteiger partial charge on any atom is -0.384 e. The van der Waals surface area contributed by atoms with E-state index in [1.807, 2.05) is 24.3 Å². The van der Waals surface area contributed by atoms with Gasteiger partial charge in [-0.25, -0.2) is 0 Å². The van der Waals surface area contributed by atoms with Gasteiger partial charge in [-0.1, -0.05) is 0 Å². The quantitative estimate of drug-likeness (QED) is 0.367. The molecule has 0 aliphatic rings. The summed E-state index contributed by atoms with van der Waals surface area (Å²) in [6.45, 7) is 0. The van der Waals surface area contributed by atoms with Gasteiger partial charge in [0.2, 0.25) is 16.5 Å². The van der Waals surface area contributed by atoms with Gasteiger partial charge in [-0.3, -0.25) is 5.41 Å². The van der Waals surface area contributed by atoms with Crippen molar-refractivity contribution in [1.82, 2.24) is 15.0 Å². The van der Waals surface area contributed by atoms with Crippen LogP contribution >= 0.6 is 23.2 Å². The lowest BCUT2D eigenvalue weighted by Gasteiger charge is -2.16. The number of nitrogen functional groups attached to an aromatic ring is 1. The number of halogens is 2. The Morgan fingerprint density at radius 3 is 1.85 bits per heavy atom. The fourth-order valence-electron chi connectivity index (χ4n) is 2.15. The zero-order chi connectivity index (χ0) is 19.4. The maximum atomic E-state index is 7.38. The number of anilines is 2. The van der Waals surface area contributed by atoms with Gasteiger partial charge in [0.05, 0.1) is 11.4 Å². The van der Waals surface area contributed by atoms with Crippen molar-refractivity contribution >= 4 is 52.0 Å². The van der Waals surface area contributed by atoms with Crippen molar-refractivity contribution in [2.24, 2.45) is 16.0 Å². The summed E-state index contributed by atoms with van der Waals surface area (Å²) in [6, 6.07) is 14.2. The van der Waals surface area contributed by atoms with E-state index in [0.717, 1.165) is 5.69 Å². The summed E-state index contributed by atoms with van der Waals surface area (Å²) >= 11 is 11.6. The fraction of sp³-hybridized carbons (Fsp3) is 0.0588. The lowest BCUT2D eigenvalue weighted by atomic mass is 10.2. The number of hydrogen-bond acceptors (Lipinski definition) is 7. The number of rotatable bonds is 5. The second kappa shape index (κ2) is 8.07.